The predicted molar refractivity (Wildman–Crippen MR) is 71.5 cm³/mol. The molecule has 18 heavy (non-hydrogen) atoms. The Morgan fingerprint density at radius 1 is 1.44 bits per heavy atom. The lowest BCUT2D eigenvalue weighted by Crippen LogP contribution is -2.49. The number of rotatable bonds is 8. The number of hydrogen-bond donors (Lipinski definition) is 2. The molecule has 5 nitrogen and oxygen atoms in total. The summed E-state index contributed by atoms with van der Waals surface area (Å²) in [6.07, 6.45) is 1.88. The van der Waals surface area contributed by atoms with Gasteiger partial charge in [0.05, 0.1) is 25.9 Å². The second-order valence-corrected chi connectivity index (χ2v) is 5.24. The average molecular weight is 260 g/mol. The summed E-state index contributed by atoms with van der Waals surface area (Å²) in [7, 11) is 1.64. The van der Waals surface area contributed by atoms with Crippen LogP contribution in [0.25, 0.3) is 0 Å². The van der Waals surface area contributed by atoms with Gasteiger partial charge in [-0.05, 0) is 25.3 Å². The summed E-state index contributed by atoms with van der Waals surface area (Å²) in [6.45, 7) is 6.09. The van der Waals surface area contributed by atoms with E-state index in [9.17, 15) is 5.11 Å². The molecule has 108 valence electrons. The van der Waals surface area contributed by atoms with Crippen molar-refractivity contribution in [2.24, 2.45) is 11.7 Å². The lowest BCUT2D eigenvalue weighted by Gasteiger charge is -2.38. The van der Waals surface area contributed by atoms with E-state index in [1.54, 1.807) is 7.11 Å². The third-order valence-corrected chi connectivity index (χ3v) is 3.56. The quantitative estimate of drug-likeness (QED) is 0.605. The van der Waals surface area contributed by atoms with Gasteiger partial charge in [-0.25, -0.2) is 0 Å². The maximum atomic E-state index is 9.93. The highest BCUT2D eigenvalue weighted by Gasteiger charge is 2.26. The molecule has 1 heterocycles. The van der Waals surface area contributed by atoms with Crippen LogP contribution in [0.1, 0.15) is 19.8 Å². The third-order valence-electron chi connectivity index (χ3n) is 3.56. The number of likely N-dealkylation sites (tertiary alicyclic amines) is 1. The SMILES string of the molecule is COCCOCC(O)CN1CCC(C)CC1CN. The molecule has 3 atom stereocenters. The molecule has 0 aromatic rings. The standard InChI is InChI=1S/C13H28N2O3/c1-11-3-4-15(12(7-11)8-14)9-13(16)10-18-6-5-17-2/h11-13,16H,3-10,14H2,1-2H3. The Bertz CT molecular complexity index is 216. The first-order valence-electron chi connectivity index (χ1n) is 6.86. The average Bonchev–Trinajstić information content (AvgIpc) is 2.37. The van der Waals surface area contributed by atoms with Crippen molar-refractivity contribution in [2.45, 2.75) is 31.9 Å². The van der Waals surface area contributed by atoms with Crippen LogP contribution in [-0.4, -0.2) is 68.7 Å². The second kappa shape index (κ2) is 8.82. The van der Waals surface area contributed by atoms with Crippen LogP contribution < -0.4 is 5.73 Å². The zero-order valence-electron chi connectivity index (χ0n) is 11.7. The predicted octanol–water partition coefficient (Wildman–Crippen LogP) is 0.0695. The zero-order chi connectivity index (χ0) is 13.4. The van der Waals surface area contributed by atoms with Crippen molar-refractivity contribution in [1.29, 1.82) is 0 Å². The molecular formula is C13H28N2O3. The third kappa shape index (κ3) is 5.63. The molecule has 1 aliphatic rings. The molecule has 0 radical (unpaired) electrons. The number of nitrogens with zero attached hydrogens (tertiary/aromatic N) is 1. The van der Waals surface area contributed by atoms with Crippen molar-refractivity contribution in [3.63, 3.8) is 0 Å². The molecule has 5 heteroatoms. The van der Waals surface area contributed by atoms with Gasteiger partial charge in [-0.1, -0.05) is 6.92 Å². The minimum Gasteiger partial charge on any atom is -0.389 e. The molecule has 1 saturated heterocycles. The number of piperidine rings is 1. The molecule has 0 aliphatic carbocycles. The Labute approximate surface area is 110 Å². The fourth-order valence-electron chi connectivity index (χ4n) is 2.47. The molecule has 0 amide bonds. The molecule has 3 N–H and O–H groups in total. The molecule has 1 aliphatic heterocycles. The van der Waals surface area contributed by atoms with E-state index in [2.05, 4.69) is 11.8 Å². The van der Waals surface area contributed by atoms with Crippen molar-refractivity contribution in [3.8, 4) is 0 Å². The van der Waals surface area contributed by atoms with Crippen molar-refractivity contribution in [2.75, 3.05) is 46.6 Å². The van der Waals surface area contributed by atoms with Gasteiger partial charge in [0.1, 0.15) is 0 Å². The van der Waals surface area contributed by atoms with E-state index in [0.717, 1.165) is 18.9 Å². The van der Waals surface area contributed by atoms with E-state index in [0.29, 0.717) is 39.0 Å². The van der Waals surface area contributed by atoms with Crippen molar-refractivity contribution in [1.82, 2.24) is 4.90 Å². The summed E-state index contributed by atoms with van der Waals surface area (Å²) >= 11 is 0. The summed E-state index contributed by atoms with van der Waals surface area (Å²) in [4.78, 5) is 2.30. The van der Waals surface area contributed by atoms with Crippen LogP contribution in [0.4, 0.5) is 0 Å². The molecule has 0 aromatic heterocycles. The zero-order valence-corrected chi connectivity index (χ0v) is 11.7. The largest absolute Gasteiger partial charge is 0.389 e. The Morgan fingerprint density at radius 3 is 2.89 bits per heavy atom. The van der Waals surface area contributed by atoms with Crippen LogP contribution in [0, 0.1) is 5.92 Å². The van der Waals surface area contributed by atoms with Crippen LogP contribution in [0.5, 0.6) is 0 Å². The first kappa shape index (κ1) is 15.9. The van der Waals surface area contributed by atoms with Gasteiger partial charge in [0, 0.05) is 26.2 Å². The van der Waals surface area contributed by atoms with Crippen molar-refractivity contribution < 1.29 is 14.6 Å². The van der Waals surface area contributed by atoms with E-state index in [1.807, 2.05) is 0 Å². The molecule has 1 rings (SSSR count). The lowest BCUT2D eigenvalue weighted by molar-refractivity contribution is -0.0131. The highest BCUT2D eigenvalue weighted by Crippen LogP contribution is 2.21. The number of aliphatic hydroxyl groups excluding tert-OH is 1. The molecule has 0 spiro atoms. The minimum absolute atomic E-state index is 0.368. The summed E-state index contributed by atoms with van der Waals surface area (Å²) in [5, 5.41) is 9.93. The van der Waals surface area contributed by atoms with Gasteiger partial charge in [-0.3, -0.25) is 4.90 Å². The molecule has 0 saturated carbocycles. The van der Waals surface area contributed by atoms with E-state index in [4.69, 9.17) is 15.2 Å². The van der Waals surface area contributed by atoms with Gasteiger partial charge in [-0.2, -0.15) is 0 Å². The number of methoxy groups -OCH3 is 1. The fourth-order valence-corrected chi connectivity index (χ4v) is 2.47. The van der Waals surface area contributed by atoms with Gasteiger partial charge in [-0.15, -0.1) is 0 Å². The van der Waals surface area contributed by atoms with E-state index >= 15 is 0 Å². The highest BCUT2D eigenvalue weighted by molar-refractivity contribution is 4.82. The monoisotopic (exact) mass is 260 g/mol. The molecular weight excluding hydrogens is 232 g/mol. The summed E-state index contributed by atoms with van der Waals surface area (Å²) < 4.78 is 10.2. The van der Waals surface area contributed by atoms with Gasteiger partial charge in [0.15, 0.2) is 0 Å². The van der Waals surface area contributed by atoms with Crippen LogP contribution in [0.15, 0.2) is 0 Å². The maximum Gasteiger partial charge on any atom is 0.0900 e. The lowest BCUT2D eigenvalue weighted by atomic mass is 9.92. The Kier molecular flexibility index (Phi) is 7.77. The smallest absolute Gasteiger partial charge is 0.0900 e. The van der Waals surface area contributed by atoms with Gasteiger partial charge in [0.2, 0.25) is 0 Å². The first-order chi connectivity index (χ1) is 8.67. The topological polar surface area (TPSA) is 68.0 Å². The van der Waals surface area contributed by atoms with Gasteiger partial charge in [0.25, 0.3) is 0 Å². The van der Waals surface area contributed by atoms with Crippen LogP contribution in [0.3, 0.4) is 0 Å². The van der Waals surface area contributed by atoms with E-state index in [-0.39, 0.29) is 0 Å². The number of β-amino-alcohol motifs (C(OH)–C–C–N with tert-alkyl or cyclic N) is 1. The highest BCUT2D eigenvalue weighted by atomic mass is 16.5. The molecule has 3 unspecified atom stereocenters. The van der Waals surface area contributed by atoms with Crippen LogP contribution in [0.2, 0.25) is 0 Å². The van der Waals surface area contributed by atoms with Crippen molar-refractivity contribution in [3.05, 3.63) is 0 Å². The Hall–Kier alpha value is -0.200. The van der Waals surface area contributed by atoms with Gasteiger partial charge >= 0.3 is 0 Å². The molecule has 1 fully saturated rings. The summed E-state index contributed by atoms with van der Waals surface area (Å²) in [5.41, 5.74) is 5.80. The first-order valence-corrected chi connectivity index (χ1v) is 6.86. The normalized spacial score (nSPS) is 27.3. The Balaban J connectivity index is 2.22. The minimum atomic E-state index is -0.440. The number of ether oxygens (including phenoxy) is 2. The van der Waals surface area contributed by atoms with E-state index in [1.165, 1.54) is 6.42 Å². The molecule has 0 bridgehead atoms. The van der Waals surface area contributed by atoms with Crippen LogP contribution >= 0.6 is 0 Å². The maximum absolute atomic E-state index is 9.93. The fraction of sp³-hybridized carbons (Fsp3) is 1.00. The number of hydrogen-bond acceptors (Lipinski definition) is 5. The van der Waals surface area contributed by atoms with Gasteiger partial charge < -0.3 is 20.3 Å². The molecule has 0 aromatic carbocycles. The van der Waals surface area contributed by atoms with Crippen molar-refractivity contribution >= 4 is 0 Å². The summed E-state index contributed by atoms with van der Waals surface area (Å²) in [6, 6.07) is 0.405. The van der Waals surface area contributed by atoms with E-state index < -0.39 is 6.10 Å². The van der Waals surface area contributed by atoms with Crippen LogP contribution in [-0.2, 0) is 9.47 Å². The number of nitrogens with two attached hydrogens (primary N) is 1. The number of aliphatic hydroxyl groups is 1. The summed E-state index contributed by atoms with van der Waals surface area (Å²) in [5.74, 6) is 0.741. The Morgan fingerprint density at radius 2 is 2.22 bits per heavy atom. The second-order valence-electron chi connectivity index (χ2n) is 5.24.